The molecule has 1 aliphatic carbocycles. The number of hydrogen-bond acceptors (Lipinski definition) is 6. The smallest absolute Gasteiger partial charge is 0.205 e. The van der Waals surface area contributed by atoms with E-state index in [1.165, 1.54) is 0 Å². The fourth-order valence-corrected chi connectivity index (χ4v) is 3.89. The van der Waals surface area contributed by atoms with Crippen molar-refractivity contribution in [2.75, 3.05) is 13.2 Å². The third-order valence-corrected chi connectivity index (χ3v) is 4.98. The predicted octanol–water partition coefficient (Wildman–Crippen LogP) is 3.93. The first-order valence-electron chi connectivity index (χ1n) is 9.54. The highest BCUT2D eigenvalue weighted by Crippen LogP contribution is 2.49. The molecule has 1 aromatic carbocycles. The van der Waals surface area contributed by atoms with E-state index in [1.54, 1.807) is 6.07 Å². The van der Waals surface area contributed by atoms with Crippen molar-refractivity contribution in [2.45, 2.75) is 46.5 Å². The Kier molecular flexibility index (Phi) is 5.37. The van der Waals surface area contributed by atoms with Crippen molar-refractivity contribution < 1.29 is 19.0 Å². The highest BCUT2D eigenvalue weighted by Gasteiger charge is 2.43. The zero-order valence-corrected chi connectivity index (χ0v) is 16.8. The average molecular weight is 382 g/mol. The highest BCUT2D eigenvalue weighted by molar-refractivity contribution is 6.00. The van der Waals surface area contributed by atoms with Gasteiger partial charge in [0.05, 0.1) is 19.1 Å². The quantitative estimate of drug-likeness (QED) is 0.829. The number of Topliss-reactive ketones (excluding diaryl/α,β-unsaturated/α-hetero) is 1. The second-order valence-electron chi connectivity index (χ2n) is 7.77. The Morgan fingerprint density at radius 1 is 1.25 bits per heavy atom. The summed E-state index contributed by atoms with van der Waals surface area (Å²) >= 11 is 0. The lowest BCUT2D eigenvalue weighted by Gasteiger charge is -2.37. The average Bonchev–Trinajstić information content (AvgIpc) is 2.60. The van der Waals surface area contributed by atoms with Crippen LogP contribution in [0.3, 0.4) is 0 Å². The molecule has 6 heteroatoms. The maximum absolute atomic E-state index is 13.1. The lowest BCUT2D eigenvalue weighted by molar-refractivity contribution is -0.119. The summed E-state index contributed by atoms with van der Waals surface area (Å²) < 4.78 is 17.2. The van der Waals surface area contributed by atoms with E-state index in [0.717, 1.165) is 0 Å². The second-order valence-corrected chi connectivity index (χ2v) is 7.77. The number of allylic oxidation sites excluding steroid dienone is 3. The van der Waals surface area contributed by atoms with E-state index in [0.29, 0.717) is 54.5 Å². The number of carbonyl (C=O) groups excluding carboxylic acids is 1. The van der Waals surface area contributed by atoms with E-state index in [1.807, 2.05) is 39.8 Å². The molecule has 0 saturated carbocycles. The van der Waals surface area contributed by atoms with Gasteiger partial charge in [0.25, 0.3) is 0 Å². The first kappa shape index (κ1) is 19.8. The minimum Gasteiger partial charge on any atom is -0.494 e. The van der Waals surface area contributed by atoms with Crippen LogP contribution >= 0.6 is 0 Å². The van der Waals surface area contributed by atoms with Gasteiger partial charge in [-0.2, -0.15) is 5.26 Å². The molecule has 1 aromatic rings. The minimum absolute atomic E-state index is 0.0205. The summed E-state index contributed by atoms with van der Waals surface area (Å²) in [6.07, 6.45) is 0.982. The lowest BCUT2D eigenvalue weighted by atomic mass is 9.70. The zero-order chi connectivity index (χ0) is 20.5. The first-order chi connectivity index (χ1) is 13.3. The Morgan fingerprint density at radius 3 is 2.61 bits per heavy atom. The molecule has 1 atom stereocenters. The van der Waals surface area contributed by atoms with Crippen molar-refractivity contribution in [3.05, 3.63) is 46.6 Å². The van der Waals surface area contributed by atoms with Crippen LogP contribution in [0.2, 0.25) is 0 Å². The summed E-state index contributed by atoms with van der Waals surface area (Å²) in [5.74, 6) is 1.22. The number of ether oxygens (including phenoxy) is 3. The first-order valence-corrected chi connectivity index (χ1v) is 9.54. The minimum atomic E-state index is -0.602. The number of benzene rings is 1. The number of ketones is 1. The molecule has 2 aliphatic rings. The van der Waals surface area contributed by atoms with Crippen LogP contribution in [0.1, 0.15) is 52.0 Å². The van der Waals surface area contributed by atoms with E-state index in [9.17, 15) is 10.1 Å². The van der Waals surface area contributed by atoms with Crippen molar-refractivity contribution in [3.63, 3.8) is 0 Å². The summed E-state index contributed by atoms with van der Waals surface area (Å²) in [6.45, 7) is 8.81. The third-order valence-electron chi connectivity index (χ3n) is 4.98. The lowest BCUT2D eigenvalue weighted by Crippen LogP contribution is -2.33. The Hall–Kier alpha value is -2.94. The Labute approximate surface area is 165 Å². The summed E-state index contributed by atoms with van der Waals surface area (Å²) in [5.41, 5.74) is 7.33. The fraction of sp³-hybridized carbons (Fsp3) is 0.455. The molecule has 3 rings (SSSR count). The molecule has 2 N–H and O–H groups in total. The monoisotopic (exact) mass is 382 g/mol. The van der Waals surface area contributed by atoms with E-state index < -0.39 is 5.92 Å². The van der Waals surface area contributed by atoms with E-state index in [2.05, 4.69) is 6.07 Å². The summed E-state index contributed by atoms with van der Waals surface area (Å²) in [4.78, 5) is 13.1. The van der Waals surface area contributed by atoms with Crippen LogP contribution in [0.5, 0.6) is 11.5 Å². The van der Waals surface area contributed by atoms with Crippen LogP contribution in [0, 0.1) is 16.7 Å². The molecule has 0 bridgehead atoms. The van der Waals surface area contributed by atoms with Gasteiger partial charge in [0, 0.05) is 30.0 Å². The van der Waals surface area contributed by atoms with Gasteiger partial charge in [0.1, 0.15) is 28.9 Å². The van der Waals surface area contributed by atoms with E-state index in [4.69, 9.17) is 19.9 Å². The number of nitrogens with zero attached hydrogens (tertiary/aromatic N) is 1. The molecule has 1 aliphatic heterocycles. The van der Waals surface area contributed by atoms with Crippen molar-refractivity contribution in [2.24, 2.45) is 11.1 Å². The van der Waals surface area contributed by atoms with Gasteiger partial charge in [-0.25, -0.2) is 0 Å². The van der Waals surface area contributed by atoms with Crippen molar-refractivity contribution in [1.82, 2.24) is 0 Å². The third kappa shape index (κ3) is 3.57. The second kappa shape index (κ2) is 7.59. The largest absolute Gasteiger partial charge is 0.494 e. The molecule has 0 aromatic heterocycles. The van der Waals surface area contributed by atoms with Crippen LogP contribution < -0.4 is 15.2 Å². The van der Waals surface area contributed by atoms with Gasteiger partial charge in [-0.1, -0.05) is 19.9 Å². The van der Waals surface area contributed by atoms with Crippen molar-refractivity contribution in [1.29, 1.82) is 5.26 Å². The number of rotatable bonds is 5. The van der Waals surface area contributed by atoms with Gasteiger partial charge in [-0.05, 0) is 25.3 Å². The maximum Gasteiger partial charge on any atom is 0.205 e. The molecule has 0 saturated heterocycles. The van der Waals surface area contributed by atoms with Gasteiger partial charge in [-0.3, -0.25) is 4.79 Å². The predicted molar refractivity (Wildman–Crippen MR) is 104 cm³/mol. The Bertz CT molecular complexity index is 906. The topological polar surface area (TPSA) is 94.6 Å². The molecular weight excluding hydrogens is 356 g/mol. The molecule has 0 fully saturated rings. The fourth-order valence-electron chi connectivity index (χ4n) is 3.89. The molecule has 28 heavy (non-hydrogen) atoms. The Morgan fingerprint density at radius 2 is 1.96 bits per heavy atom. The summed E-state index contributed by atoms with van der Waals surface area (Å²) in [5, 5.41) is 9.76. The van der Waals surface area contributed by atoms with E-state index >= 15 is 0 Å². The summed E-state index contributed by atoms with van der Waals surface area (Å²) in [7, 11) is 0. The highest BCUT2D eigenvalue weighted by atomic mass is 16.5. The SMILES string of the molecule is CCOc1ccc([C@H]2C(C#N)=C(N)OC3=C2C(=O)CC(C)(C)C3)c(OCC)c1. The molecule has 6 nitrogen and oxygen atoms in total. The molecule has 0 amide bonds. The van der Waals surface area contributed by atoms with Crippen molar-refractivity contribution >= 4 is 5.78 Å². The van der Waals surface area contributed by atoms with Gasteiger partial charge in [-0.15, -0.1) is 0 Å². The maximum atomic E-state index is 13.1. The van der Waals surface area contributed by atoms with Crippen molar-refractivity contribution in [3.8, 4) is 17.6 Å². The van der Waals surface area contributed by atoms with Gasteiger partial charge in [0.15, 0.2) is 5.78 Å². The van der Waals surface area contributed by atoms with Crippen LogP contribution in [-0.2, 0) is 9.53 Å². The number of nitrogens with two attached hydrogens (primary N) is 1. The standard InChI is InChI=1S/C22H26N2O4/c1-5-26-13-7-8-14(17(9-13)27-6-2)19-15(12-23)21(24)28-18-11-22(3,4)10-16(25)20(18)19/h7-9,19H,5-6,10-11,24H2,1-4H3/t19-/m0/s1. The van der Waals surface area contributed by atoms with Gasteiger partial charge >= 0.3 is 0 Å². The normalized spacial score (nSPS) is 21.0. The molecule has 0 unspecified atom stereocenters. The molecular formula is C22H26N2O4. The van der Waals surface area contributed by atoms with Gasteiger partial charge in [0.2, 0.25) is 5.88 Å². The van der Waals surface area contributed by atoms with Crippen LogP contribution in [0.15, 0.2) is 41.0 Å². The molecule has 1 heterocycles. The van der Waals surface area contributed by atoms with E-state index in [-0.39, 0.29) is 22.7 Å². The molecule has 0 radical (unpaired) electrons. The Balaban J connectivity index is 2.19. The van der Waals surface area contributed by atoms with Crippen LogP contribution in [0.4, 0.5) is 0 Å². The van der Waals surface area contributed by atoms with Crippen LogP contribution in [-0.4, -0.2) is 19.0 Å². The number of nitriles is 1. The van der Waals surface area contributed by atoms with Gasteiger partial charge < -0.3 is 19.9 Å². The molecule has 0 spiro atoms. The summed E-state index contributed by atoms with van der Waals surface area (Å²) in [6, 6.07) is 7.59. The number of hydrogen-bond donors (Lipinski definition) is 1. The molecule has 148 valence electrons. The van der Waals surface area contributed by atoms with Crippen LogP contribution in [0.25, 0.3) is 0 Å². The zero-order valence-electron chi connectivity index (χ0n) is 16.8. The number of carbonyl (C=O) groups is 1.